The molecule has 0 bridgehead atoms. The summed E-state index contributed by atoms with van der Waals surface area (Å²) < 4.78 is 31.1. The topological polar surface area (TPSA) is 88.2 Å². The second-order valence-corrected chi connectivity index (χ2v) is 8.43. The van der Waals surface area contributed by atoms with E-state index in [0.29, 0.717) is 25.4 Å². The number of aromatic nitrogens is 3. The predicted molar refractivity (Wildman–Crippen MR) is 86.4 cm³/mol. The molecular formula is C15H20N4O3S. The van der Waals surface area contributed by atoms with Crippen LogP contribution < -0.4 is 4.74 Å². The third-order valence-corrected chi connectivity index (χ3v) is 6.09. The maximum absolute atomic E-state index is 11.9. The van der Waals surface area contributed by atoms with Gasteiger partial charge in [0, 0.05) is 25.2 Å². The summed E-state index contributed by atoms with van der Waals surface area (Å²) in [7, 11) is -3.13. The van der Waals surface area contributed by atoms with E-state index in [4.69, 9.17) is 4.74 Å². The molecule has 0 atom stereocenters. The summed E-state index contributed by atoms with van der Waals surface area (Å²) in [5.74, 6) is 0.911. The van der Waals surface area contributed by atoms with Crippen molar-refractivity contribution in [1.29, 1.82) is 0 Å². The Bertz CT molecular complexity index is 736. The molecule has 3 rings (SSSR count). The number of hydrogen-bond donors (Lipinski definition) is 1. The second-order valence-electron chi connectivity index (χ2n) is 5.94. The van der Waals surface area contributed by atoms with E-state index < -0.39 is 10.0 Å². The number of hydrogen-bond acceptors (Lipinski definition) is 5. The third kappa shape index (κ3) is 3.37. The van der Waals surface area contributed by atoms with Gasteiger partial charge in [-0.3, -0.25) is 10.1 Å². The normalized spacial score (nSPS) is 16.5. The van der Waals surface area contributed by atoms with E-state index in [9.17, 15) is 8.42 Å². The molecule has 2 aromatic heterocycles. The van der Waals surface area contributed by atoms with Crippen LogP contribution in [-0.4, -0.2) is 52.9 Å². The highest BCUT2D eigenvalue weighted by Crippen LogP contribution is 2.24. The number of pyridine rings is 1. The van der Waals surface area contributed by atoms with Crippen LogP contribution in [-0.2, 0) is 10.0 Å². The Morgan fingerprint density at radius 1 is 1.35 bits per heavy atom. The molecule has 0 saturated carbocycles. The molecule has 0 radical (unpaired) electrons. The first-order chi connectivity index (χ1) is 11.0. The first-order valence-corrected chi connectivity index (χ1v) is 9.04. The van der Waals surface area contributed by atoms with Crippen molar-refractivity contribution in [2.45, 2.75) is 19.1 Å². The molecule has 8 heteroatoms. The molecule has 0 amide bonds. The van der Waals surface area contributed by atoms with Gasteiger partial charge in [-0.1, -0.05) is 0 Å². The zero-order chi connectivity index (χ0) is 16.4. The number of nitrogens with one attached hydrogen (secondary N) is 1. The fourth-order valence-corrected chi connectivity index (χ4v) is 3.80. The van der Waals surface area contributed by atoms with Gasteiger partial charge < -0.3 is 4.74 Å². The summed E-state index contributed by atoms with van der Waals surface area (Å²) in [5.41, 5.74) is 1.65. The van der Waals surface area contributed by atoms with Crippen molar-refractivity contribution in [3.05, 3.63) is 30.6 Å². The van der Waals surface area contributed by atoms with Crippen molar-refractivity contribution >= 4 is 10.0 Å². The summed E-state index contributed by atoms with van der Waals surface area (Å²) in [6.07, 6.45) is 3.34. The first kappa shape index (κ1) is 15.9. The van der Waals surface area contributed by atoms with Crippen molar-refractivity contribution < 1.29 is 13.2 Å². The molecular weight excluding hydrogens is 316 g/mol. The first-order valence-electron chi connectivity index (χ1n) is 7.54. The van der Waals surface area contributed by atoms with Crippen LogP contribution in [0.15, 0.2) is 30.6 Å². The molecule has 1 saturated heterocycles. The average molecular weight is 336 g/mol. The molecule has 2 aromatic rings. The number of rotatable bonds is 6. The fraction of sp³-hybridized carbons (Fsp3) is 0.467. The van der Waals surface area contributed by atoms with Crippen LogP contribution in [0.1, 0.15) is 13.8 Å². The van der Waals surface area contributed by atoms with Crippen LogP contribution in [0.2, 0.25) is 0 Å². The Kier molecular flexibility index (Phi) is 4.36. The van der Waals surface area contributed by atoms with Crippen LogP contribution in [0.4, 0.5) is 0 Å². The lowest BCUT2D eigenvalue weighted by Gasteiger charge is -2.38. The van der Waals surface area contributed by atoms with E-state index in [0.717, 1.165) is 11.4 Å². The summed E-state index contributed by atoms with van der Waals surface area (Å²) in [6.45, 7) is 4.95. The maximum Gasteiger partial charge on any atom is 0.216 e. The van der Waals surface area contributed by atoms with Crippen LogP contribution in [0.5, 0.6) is 5.75 Å². The molecule has 124 valence electrons. The highest BCUT2D eigenvalue weighted by Gasteiger charge is 2.37. The molecule has 1 aliphatic heterocycles. The number of H-pyrrole nitrogens is 1. The smallest absolute Gasteiger partial charge is 0.216 e. The molecule has 0 unspecified atom stereocenters. The lowest BCUT2D eigenvalue weighted by atomic mass is 10.1. The predicted octanol–water partition coefficient (Wildman–Crippen LogP) is 1.52. The number of aromatic amines is 1. The average Bonchev–Trinajstić information content (AvgIpc) is 3.00. The lowest BCUT2D eigenvalue weighted by molar-refractivity contribution is 0.129. The number of nitrogens with zero attached hydrogens (tertiary/aromatic N) is 3. The van der Waals surface area contributed by atoms with Crippen LogP contribution in [0.25, 0.3) is 11.4 Å². The zero-order valence-corrected chi connectivity index (χ0v) is 14.0. The highest BCUT2D eigenvalue weighted by atomic mass is 32.2. The van der Waals surface area contributed by atoms with Gasteiger partial charge in [0.25, 0.3) is 0 Å². The van der Waals surface area contributed by atoms with E-state index in [1.54, 1.807) is 26.2 Å². The summed E-state index contributed by atoms with van der Waals surface area (Å²) in [6, 6.07) is 5.56. The molecule has 0 spiro atoms. The van der Waals surface area contributed by atoms with Crippen molar-refractivity contribution in [1.82, 2.24) is 19.5 Å². The standard InChI is InChI=1S/C15H20N4O3S/c1-11(2)23(20,21)19-8-12(9-19)10-22-13-3-4-14(16-7-13)15-5-6-17-18-15/h3-7,11-12H,8-10H2,1-2H3,(H,17,18). The molecule has 23 heavy (non-hydrogen) atoms. The van der Waals surface area contributed by atoms with Gasteiger partial charge in [0.2, 0.25) is 10.0 Å². The quantitative estimate of drug-likeness (QED) is 0.864. The third-order valence-electron chi connectivity index (χ3n) is 3.88. The van der Waals surface area contributed by atoms with Crippen LogP contribution in [0.3, 0.4) is 0 Å². The molecule has 0 aliphatic carbocycles. The fourth-order valence-electron chi connectivity index (χ4n) is 2.37. The van der Waals surface area contributed by atoms with Crippen molar-refractivity contribution in [3.8, 4) is 17.1 Å². The van der Waals surface area contributed by atoms with Gasteiger partial charge in [0.1, 0.15) is 5.75 Å². The van der Waals surface area contributed by atoms with Gasteiger partial charge in [-0.25, -0.2) is 12.7 Å². The van der Waals surface area contributed by atoms with E-state index >= 15 is 0 Å². The maximum atomic E-state index is 11.9. The highest BCUT2D eigenvalue weighted by molar-refractivity contribution is 7.89. The molecule has 1 aliphatic rings. The largest absolute Gasteiger partial charge is 0.492 e. The Morgan fingerprint density at radius 3 is 2.70 bits per heavy atom. The monoisotopic (exact) mass is 336 g/mol. The van der Waals surface area contributed by atoms with Gasteiger partial charge in [-0.15, -0.1) is 0 Å². The van der Waals surface area contributed by atoms with Crippen LogP contribution >= 0.6 is 0 Å². The van der Waals surface area contributed by atoms with Gasteiger partial charge in [-0.2, -0.15) is 5.10 Å². The van der Waals surface area contributed by atoms with E-state index in [1.165, 1.54) is 4.31 Å². The van der Waals surface area contributed by atoms with Gasteiger partial charge >= 0.3 is 0 Å². The number of ether oxygens (including phenoxy) is 1. The van der Waals surface area contributed by atoms with E-state index in [1.807, 2.05) is 18.2 Å². The number of sulfonamides is 1. The minimum atomic E-state index is -3.13. The molecule has 1 fully saturated rings. The Morgan fingerprint density at radius 2 is 2.13 bits per heavy atom. The minimum absolute atomic E-state index is 0.232. The Labute approximate surface area is 135 Å². The van der Waals surface area contributed by atoms with Crippen molar-refractivity contribution in [2.24, 2.45) is 5.92 Å². The van der Waals surface area contributed by atoms with Crippen LogP contribution in [0, 0.1) is 5.92 Å². The summed E-state index contributed by atoms with van der Waals surface area (Å²) in [5, 5.41) is 6.37. The van der Waals surface area contributed by atoms with Gasteiger partial charge in [-0.05, 0) is 32.0 Å². The zero-order valence-electron chi connectivity index (χ0n) is 13.1. The second kappa shape index (κ2) is 6.29. The molecule has 3 heterocycles. The van der Waals surface area contributed by atoms with Gasteiger partial charge in [0.05, 0.1) is 29.4 Å². The van der Waals surface area contributed by atoms with E-state index in [-0.39, 0.29) is 11.2 Å². The van der Waals surface area contributed by atoms with E-state index in [2.05, 4.69) is 15.2 Å². The molecule has 1 N–H and O–H groups in total. The Hall–Kier alpha value is -1.93. The minimum Gasteiger partial charge on any atom is -0.492 e. The molecule has 7 nitrogen and oxygen atoms in total. The SMILES string of the molecule is CC(C)S(=O)(=O)N1CC(COc2ccc(-c3ccn[nH]3)nc2)C1. The summed E-state index contributed by atoms with van der Waals surface area (Å²) in [4.78, 5) is 4.32. The van der Waals surface area contributed by atoms with Gasteiger partial charge in [0.15, 0.2) is 0 Å². The summed E-state index contributed by atoms with van der Waals surface area (Å²) >= 11 is 0. The lowest BCUT2D eigenvalue weighted by Crippen LogP contribution is -2.53. The molecule has 0 aromatic carbocycles. The van der Waals surface area contributed by atoms with Crippen molar-refractivity contribution in [2.75, 3.05) is 19.7 Å². The Balaban J connectivity index is 1.49. The van der Waals surface area contributed by atoms with Crippen molar-refractivity contribution in [3.63, 3.8) is 0 Å².